The fourth-order valence-corrected chi connectivity index (χ4v) is 1.87. The highest BCUT2D eigenvalue weighted by atomic mass is 35.5. The van der Waals surface area contributed by atoms with Gasteiger partial charge in [-0.1, -0.05) is 67.4 Å². The lowest BCUT2D eigenvalue weighted by molar-refractivity contribution is 0.741. The molecule has 1 aromatic carbocycles. The second-order valence-corrected chi connectivity index (χ2v) is 4.55. The number of rotatable bonds is 3. The highest BCUT2D eigenvalue weighted by molar-refractivity contribution is 6.56. The maximum absolute atomic E-state index is 5.83. The molecule has 0 aliphatic heterocycles. The topological polar surface area (TPSA) is 0 Å². The van der Waals surface area contributed by atoms with Gasteiger partial charge in [-0.15, -0.1) is 0 Å². The second-order valence-electron chi connectivity index (χ2n) is 3.60. The van der Waals surface area contributed by atoms with E-state index in [0.29, 0.717) is 10.4 Å². The van der Waals surface area contributed by atoms with Gasteiger partial charge in [-0.05, 0) is 23.5 Å². The van der Waals surface area contributed by atoms with Gasteiger partial charge in [-0.3, -0.25) is 0 Å². The van der Waals surface area contributed by atoms with Crippen molar-refractivity contribution < 1.29 is 0 Å². The van der Waals surface area contributed by atoms with Gasteiger partial charge in [-0.25, -0.2) is 0 Å². The molecule has 0 nitrogen and oxygen atoms in total. The molecular formula is C12H14Cl2. The Morgan fingerprint density at radius 2 is 1.71 bits per heavy atom. The van der Waals surface area contributed by atoms with Crippen LogP contribution >= 0.6 is 23.2 Å². The Kier molecular flexibility index (Phi) is 4.50. The molecule has 0 bridgehead atoms. The van der Waals surface area contributed by atoms with E-state index >= 15 is 0 Å². The molecule has 0 saturated carbocycles. The zero-order chi connectivity index (χ0) is 10.6. The molecule has 0 unspecified atom stereocenters. The van der Waals surface area contributed by atoms with Crippen molar-refractivity contribution in [3.63, 3.8) is 0 Å². The molecule has 0 spiro atoms. The molecule has 0 aliphatic rings. The molecule has 0 saturated heterocycles. The largest absolute Gasteiger partial charge is 0.106 e. The fraction of sp³-hybridized carbons (Fsp3) is 0.333. The summed E-state index contributed by atoms with van der Waals surface area (Å²) in [6, 6.07) is 10.2. The van der Waals surface area contributed by atoms with E-state index in [4.69, 9.17) is 23.2 Å². The average molecular weight is 229 g/mol. The van der Waals surface area contributed by atoms with Gasteiger partial charge in [0.05, 0.1) is 0 Å². The first-order valence-corrected chi connectivity index (χ1v) is 5.45. The van der Waals surface area contributed by atoms with Gasteiger partial charge in [0.15, 0.2) is 0 Å². The molecule has 14 heavy (non-hydrogen) atoms. The van der Waals surface area contributed by atoms with Gasteiger partial charge in [0, 0.05) is 0 Å². The lowest BCUT2D eigenvalue weighted by atomic mass is 9.97. The summed E-state index contributed by atoms with van der Waals surface area (Å²) >= 11 is 11.7. The monoisotopic (exact) mass is 228 g/mol. The predicted molar refractivity (Wildman–Crippen MR) is 63.7 cm³/mol. The molecule has 1 aromatic rings. The van der Waals surface area contributed by atoms with Crippen LogP contribution in [0, 0.1) is 5.92 Å². The van der Waals surface area contributed by atoms with Gasteiger partial charge in [0.25, 0.3) is 0 Å². The van der Waals surface area contributed by atoms with E-state index in [9.17, 15) is 0 Å². The van der Waals surface area contributed by atoms with Crippen LogP contribution in [0.1, 0.15) is 19.4 Å². The van der Waals surface area contributed by atoms with Crippen LogP contribution in [-0.2, 0) is 6.42 Å². The molecular weight excluding hydrogens is 215 g/mol. The van der Waals surface area contributed by atoms with Crippen LogP contribution in [0.4, 0.5) is 0 Å². The first kappa shape index (κ1) is 11.6. The Morgan fingerprint density at radius 3 is 2.14 bits per heavy atom. The quantitative estimate of drug-likeness (QED) is 0.711. The van der Waals surface area contributed by atoms with Crippen LogP contribution in [0.5, 0.6) is 0 Å². The van der Waals surface area contributed by atoms with Gasteiger partial charge in [0.1, 0.15) is 4.49 Å². The van der Waals surface area contributed by atoms with E-state index in [1.54, 1.807) is 0 Å². The Hall–Kier alpha value is -0.460. The smallest absolute Gasteiger partial charge is 0.0709 e. The standard InChI is InChI=1S/C12H14Cl2/c1-9(2)11(12(13)14)8-10-6-4-3-5-7-10/h3-7,9H,8H2,1-2H3. The van der Waals surface area contributed by atoms with Crippen molar-refractivity contribution in [1.82, 2.24) is 0 Å². The number of benzene rings is 1. The van der Waals surface area contributed by atoms with E-state index in [1.807, 2.05) is 18.2 Å². The zero-order valence-electron chi connectivity index (χ0n) is 8.43. The van der Waals surface area contributed by atoms with Gasteiger partial charge < -0.3 is 0 Å². The molecule has 2 heteroatoms. The molecule has 0 aliphatic carbocycles. The SMILES string of the molecule is CC(C)C(Cc1ccccc1)=C(Cl)Cl. The van der Waals surface area contributed by atoms with Crippen LogP contribution in [0.25, 0.3) is 0 Å². The minimum Gasteiger partial charge on any atom is -0.0709 e. The van der Waals surface area contributed by atoms with Crippen molar-refractivity contribution in [2.45, 2.75) is 20.3 Å². The van der Waals surface area contributed by atoms with E-state index in [0.717, 1.165) is 12.0 Å². The Balaban J connectivity index is 2.82. The molecule has 0 N–H and O–H groups in total. The first-order chi connectivity index (χ1) is 6.61. The zero-order valence-corrected chi connectivity index (χ0v) is 9.94. The minimum absolute atomic E-state index is 0.389. The Morgan fingerprint density at radius 1 is 1.14 bits per heavy atom. The number of halogens is 2. The van der Waals surface area contributed by atoms with Crippen LogP contribution in [0.3, 0.4) is 0 Å². The van der Waals surface area contributed by atoms with Crippen molar-refractivity contribution in [2.24, 2.45) is 5.92 Å². The molecule has 0 aromatic heterocycles. The van der Waals surface area contributed by atoms with Gasteiger partial charge >= 0.3 is 0 Å². The van der Waals surface area contributed by atoms with E-state index < -0.39 is 0 Å². The van der Waals surface area contributed by atoms with Crippen molar-refractivity contribution >= 4 is 23.2 Å². The number of allylic oxidation sites excluding steroid dienone is 1. The van der Waals surface area contributed by atoms with Crippen LogP contribution in [0.15, 0.2) is 40.4 Å². The highest BCUT2D eigenvalue weighted by Crippen LogP contribution is 2.24. The summed E-state index contributed by atoms with van der Waals surface area (Å²) in [5, 5.41) is 0. The molecule has 0 fully saturated rings. The maximum Gasteiger partial charge on any atom is 0.106 e. The Labute approximate surface area is 95.5 Å². The van der Waals surface area contributed by atoms with Crippen molar-refractivity contribution in [1.29, 1.82) is 0 Å². The maximum atomic E-state index is 5.83. The third kappa shape index (κ3) is 3.36. The summed E-state index contributed by atoms with van der Waals surface area (Å²) in [5.74, 6) is 0.389. The van der Waals surface area contributed by atoms with E-state index in [-0.39, 0.29) is 0 Å². The summed E-state index contributed by atoms with van der Waals surface area (Å²) in [7, 11) is 0. The summed E-state index contributed by atoms with van der Waals surface area (Å²) < 4.78 is 0.406. The third-order valence-electron chi connectivity index (χ3n) is 2.18. The van der Waals surface area contributed by atoms with Crippen LogP contribution in [0.2, 0.25) is 0 Å². The normalized spacial score (nSPS) is 10.4. The molecule has 76 valence electrons. The predicted octanol–water partition coefficient (Wildman–Crippen LogP) is 4.57. The summed E-state index contributed by atoms with van der Waals surface area (Å²) in [6.45, 7) is 4.20. The van der Waals surface area contributed by atoms with E-state index in [2.05, 4.69) is 26.0 Å². The lowest BCUT2D eigenvalue weighted by Crippen LogP contribution is -1.99. The van der Waals surface area contributed by atoms with Crippen LogP contribution < -0.4 is 0 Å². The van der Waals surface area contributed by atoms with Gasteiger partial charge in [-0.2, -0.15) is 0 Å². The second kappa shape index (κ2) is 5.43. The summed E-state index contributed by atoms with van der Waals surface area (Å²) in [4.78, 5) is 0. The first-order valence-electron chi connectivity index (χ1n) is 4.69. The number of hydrogen-bond donors (Lipinski definition) is 0. The molecule has 0 heterocycles. The Bertz CT molecular complexity index is 308. The average Bonchev–Trinajstić information content (AvgIpc) is 2.15. The number of hydrogen-bond acceptors (Lipinski definition) is 0. The fourth-order valence-electron chi connectivity index (χ4n) is 1.30. The molecule has 0 atom stereocenters. The van der Waals surface area contributed by atoms with Crippen molar-refractivity contribution in [3.05, 3.63) is 46.0 Å². The van der Waals surface area contributed by atoms with Crippen LogP contribution in [-0.4, -0.2) is 0 Å². The van der Waals surface area contributed by atoms with Crippen molar-refractivity contribution in [2.75, 3.05) is 0 Å². The minimum atomic E-state index is 0.389. The highest BCUT2D eigenvalue weighted by Gasteiger charge is 2.08. The summed E-state index contributed by atoms with van der Waals surface area (Å²) in [5.41, 5.74) is 2.34. The van der Waals surface area contributed by atoms with Crippen molar-refractivity contribution in [3.8, 4) is 0 Å². The van der Waals surface area contributed by atoms with Gasteiger partial charge in [0.2, 0.25) is 0 Å². The third-order valence-corrected chi connectivity index (χ3v) is 2.66. The molecule has 0 amide bonds. The molecule has 0 radical (unpaired) electrons. The molecule has 1 rings (SSSR count). The lowest BCUT2D eigenvalue weighted by Gasteiger charge is -2.11. The summed E-state index contributed by atoms with van der Waals surface area (Å²) in [6.07, 6.45) is 0.834. The van der Waals surface area contributed by atoms with E-state index in [1.165, 1.54) is 5.56 Å².